The average Bonchev–Trinajstić information content (AvgIpc) is 3.34. The molecule has 6 heteroatoms. The highest BCUT2D eigenvalue weighted by atomic mass is 19.1. The van der Waals surface area contributed by atoms with Crippen LogP contribution in [0.1, 0.15) is 11.1 Å². The zero-order valence-electron chi connectivity index (χ0n) is 15.2. The average molecular weight is 382 g/mol. The summed E-state index contributed by atoms with van der Waals surface area (Å²) in [7, 11) is 0. The lowest BCUT2D eigenvalue weighted by Crippen LogP contribution is -2.03. The molecule has 5 rings (SSSR count). The summed E-state index contributed by atoms with van der Waals surface area (Å²) >= 11 is 0. The largest absolute Gasteiger partial charge is 0.321 e. The van der Waals surface area contributed by atoms with Gasteiger partial charge in [0.15, 0.2) is 0 Å². The van der Waals surface area contributed by atoms with Crippen molar-refractivity contribution in [3.05, 3.63) is 95.9 Å². The maximum absolute atomic E-state index is 13.9. The first-order valence-corrected chi connectivity index (χ1v) is 9.09. The topological polar surface area (TPSA) is 59.8 Å². The number of aromatic nitrogens is 3. The zero-order chi connectivity index (χ0) is 19.8. The maximum atomic E-state index is 13.9. The van der Waals surface area contributed by atoms with E-state index in [1.807, 2.05) is 54.6 Å². The maximum Gasteiger partial charge on any atom is 0.256 e. The van der Waals surface area contributed by atoms with Gasteiger partial charge < -0.3 is 5.32 Å². The van der Waals surface area contributed by atoms with Crippen LogP contribution in [-0.2, 0) is 4.79 Å². The molecule has 1 N–H and O–H groups in total. The van der Waals surface area contributed by atoms with Crippen molar-refractivity contribution in [2.24, 2.45) is 0 Å². The minimum absolute atomic E-state index is 0.108. The monoisotopic (exact) mass is 382 g/mol. The van der Waals surface area contributed by atoms with Gasteiger partial charge >= 0.3 is 0 Å². The SMILES string of the molecule is O=C1Nc2ccccc2/C1=C/c1ccc(-c2cn(-c3ccccc3F)nn2)cc1. The predicted molar refractivity (Wildman–Crippen MR) is 110 cm³/mol. The fourth-order valence-corrected chi connectivity index (χ4v) is 3.35. The molecule has 0 saturated carbocycles. The number of carbonyl (C=O) groups excluding carboxylic acids is 1. The second kappa shape index (κ2) is 6.83. The van der Waals surface area contributed by atoms with E-state index in [1.54, 1.807) is 24.4 Å². The van der Waals surface area contributed by atoms with Gasteiger partial charge in [-0.1, -0.05) is 59.8 Å². The van der Waals surface area contributed by atoms with Crippen molar-refractivity contribution in [2.75, 3.05) is 5.32 Å². The van der Waals surface area contributed by atoms with Crippen molar-refractivity contribution >= 4 is 23.2 Å². The Balaban J connectivity index is 1.43. The Kier molecular flexibility index (Phi) is 4.02. The third kappa shape index (κ3) is 3.10. The molecule has 29 heavy (non-hydrogen) atoms. The van der Waals surface area contributed by atoms with E-state index in [9.17, 15) is 9.18 Å². The van der Waals surface area contributed by atoms with Gasteiger partial charge in [-0.15, -0.1) is 5.10 Å². The summed E-state index contributed by atoms with van der Waals surface area (Å²) in [5.74, 6) is -0.468. The first kappa shape index (κ1) is 17.1. The minimum atomic E-state index is -0.360. The molecule has 140 valence electrons. The molecule has 3 aromatic carbocycles. The van der Waals surface area contributed by atoms with Crippen molar-refractivity contribution in [3.8, 4) is 16.9 Å². The zero-order valence-corrected chi connectivity index (χ0v) is 15.2. The molecular weight excluding hydrogens is 367 g/mol. The predicted octanol–water partition coefficient (Wildman–Crippen LogP) is 4.57. The normalized spacial score (nSPS) is 14.1. The highest BCUT2D eigenvalue weighted by molar-refractivity contribution is 6.34. The number of anilines is 1. The molecule has 1 aromatic heterocycles. The van der Waals surface area contributed by atoms with E-state index in [-0.39, 0.29) is 11.7 Å². The van der Waals surface area contributed by atoms with Gasteiger partial charge in [-0.2, -0.15) is 0 Å². The van der Waals surface area contributed by atoms with Gasteiger partial charge in [0.25, 0.3) is 5.91 Å². The molecule has 0 saturated heterocycles. The van der Waals surface area contributed by atoms with E-state index < -0.39 is 0 Å². The van der Waals surface area contributed by atoms with Crippen LogP contribution in [0.4, 0.5) is 10.1 Å². The molecule has 1 aliphatic rings. The third-order valence-corrected chi connectivity index (χ3v) is 4.82. The van der Waals surface area contributed by atoms with Crippen molar-refractivity contribution in [1.29, 1.82) is 0 Å². The fourth-order valence-electron chi connectivity index (χ4n) is 3.35. The number of fused-ring (bicyclic) bond motifs is 1. The van der Waals surface area contributed by atoms with E-state index in [2.05, 4.69) is 15.6 Å². The van der Waals surface area contributed by atoms with Crippen LogP contribution in [-0.4, -0.2) is 20.9 Å². The van der Waals surface area contributed by atoms with Crippen LogP contribution in [0.5, 0.6) is 0 Å². The van der Waals surface area contributed by atoms with Crippen LogP contribution in [0.15, 0.2) is 79.0 Å². The van der Waals surface area contributed by atoms with Crippen LogP contribution in [0, 0.1) is 5.82 Å². The Morgan fingerprint density at radius 3 is 2.52 bits per heavy atom. The molecule has 0 bridgehead atoms. The molecule has 0 spiro atoms. The number of halogens is 1. The lowest BCUT2D eigenvalue weighted by Gasteiger charge is -2.01. The Hall–Kier alpha value is -4.06. The van der Waals surface area contributed by atoms with E-state index in [0.717, 1.165) is 22.4 Å². The number of hydrogen-bond donors (Lipinski definition) is 1. The summed E-state index contributed by atoms with van der Waals surface area (Å²) in [6, 6.07) is 21.7. The summed E-state index contributed by atoms with van der Waals surface area (Å²) in [5.41, 5.74) is 5.09. The van der Waals surface area contributed by atoms with Crippen molar-refractivity contribution in [2.45, 2.75) is 0 Å². The molecule has 0 radical (unpaired) electrons. The summed E-state index contributed by atoms with van der Waals surface area (Å²) in [6.07, 6.45) is 3.55. The van der Waals surface area contributed by atoms with Gasteiger partial charge in [-0.3, -0.25) is 4.79 Å². The van der Waals surface area contributed by atoms with Gasteiger partial charge in [0.2, 0.25) is 0 Å². The highest BCUT2D eigenvalue weighted by Gasteiger charge is 2.23. The number of carbonyl (C=O) groups is 1. The molecule has 0 unspecified atom stereocenters. The molecule has 1 aliphatic heterocycles. The van der Waals surface area contributed by atoms with Crippen molar-refractivity contribution in [3.63, 3.8) is 0 Å². The molecular formula is C23H15FN4O. The number of nitrogens with one attached hydrogen (secondary N) is 1. The third-order valence-electron chi connectivity index (χ3n) is 4.82. The molecule has 4 aromatic rings. The lowest BCUT2D eigenvalue weighted by atomic mass is 10.0. The highest BCUT2D eigenvalue weighted by Crippen LogP contribution is 2.32. The van der Waals surface area contributed by atoms with Gasteiger partial charge in [0.1, 0.15) is 17.2 Å². The van der Waals surface area contributed by atoms with Crippen LogP contribution in [0.3, 0.4) is 0 Å². The van der Waals surface area contributed by atoms with Crippen molar-refractivity contribution in [1.82, 2.24) is 15.0 Å². The summed E-state index contributed by atoms with van der Waals surface area (Å²) in [5, 5.41) is 11.0. The quantitative estimate of drug-likeness (QED) is 0.528. The molecule has 2 heterocycles. The van der Waals surface area contributed by atoms with Crippen LogP contribution >= 0.6 is 0 Å². The van der Waals surface area contributed by atoms with E-state index in [0.29, 0.717) is 17.0 Å². The van der Waals surface area contributed by atoms with Gasteiger partial charge in [-0.05, 0) is 29.8 Å². The number of nitrogens with zero attached hydrogens (tertiary/aromatic N) is 3. The summed E-state index contributed by atoms with van der Waals surface area (Å²) < 4.78 is 15.4. The lowest BCUT2D eigenvalue weighted by molar-refractivity contribution is -0.110. The number of rotatable bonds is 3. The number of benzene rings is 3. The van der Waals surface area contributed by atoms with E-state index in [1.165, 1.54) is 10.7 Å². The first-order chi connectivity index (χ1) is 14.2. The van der Waals surface area contributed by atoms with Crippen molar-refractivity contribution < 1.29 is 9.18 Å². The Morgan fingerprint density at radius 2 is 1.69 bits per heavy atom. The number of hydrogen-bond acceptors (Lipinski definition) is 3. The van der Waals surface area contributed by atoms with Gasteiger partial charge in [0.05, 0.1) is 6.20 Å². The number of para-hydroxylation sites is 2. The smallest absolute Gasteiger partial charge is 0.256 e. The molecule has 0 atom stereocenters. The van der Waals surface area contributed by atoms with E-state index >= 15 is 0 Å². The Bertz CT molecular complexity index is 1260. The van der Waals surface area contributed by atoms with Crippen LogP contribution < -0.4 is 5.32 Å². The Morgan fingerprint density at radius 1 is 0.931 bits per heavy atom. The molecule has 0 aliphatic carbocycles. The molecule has 1 amide bonds. The molecule has 5 nitrogen and oxygen atoms in total. The fraction of sp³-hybridized carbons (Fsp3) is 0. The Labute approximate surface area is 166 Å². The minimum Gasteiger partial charge on any atom is -0.321 e. The molecule has 0 fully saturated rings. The van der Waals surface area contributed by atoms with Gasteiger partial charge in [-0.25, -0.2) is 9.07 Å². The van der Waals surface area contributed by atoms with Crippen LogP contribution in [0.2, 0.25) is 0 Å². The van der Waals surface area contributed by atoms with E-state index in [4.69, 9.17) is 0 Å². The standard InChI is InChI=1S/C23H15FN4O/c24-19-6-2-4-8-22(19)28-14-21(26-27-28)16-11-9-15(10-12-16)13-18-17-5-1-3-7-20(17)25-23(18)29/h1-14H,(H,25,29)/b18-13-. The second-order valence-electron chi connectivity index (χ2n) is 6.68. The second-order valence-corrected chi connectivity index (χ2v) is 6.68. The summed E-state index contributed by atoms with van der Waals surface area (Å²) in [6.45, 7) is 0. The van der Waals surface area contributed by atoms with Gasteiger partial charge in [0, 0.05) is 22.4 Å². The number of amides is 1. The van der Waals surface area contributed by atoms with Crippen LogP contribution in [0.25, 0.3) is 28.6 Å². The summed E-state index contributed by atoms with van der Waals surface area (Å²) in [4.78, 5) is 12.3. The first-order valence-electron chi connectivity index (χ1n) is 9.09.